The SMILES string of the molecule is CCCCN(CCCC)C(=O)CN1CC(c2ccc3c(c2)OCO3)C(C(=O)O)C1Cc1ccccc1OC. The highest BCUT2D eigenvalue weighted by Gasteiger charge is 2.47. The summed E-state index contributed by atoms with van der Waals surface area (Å²) in [5.41, 5.74) is 1.82. The molecule has 1 N–H and O–H groups in total. The molecule has 2 heterocycles. The summed E-state index contributed by atoms with van der Waals surface area (Å²) in [7, 11) is 1.62. The highest BCUT2D eigenvalue weighted by atomic mass is 16.7. The van der Waals surface area contributed by atoms with Crippen molar-refractivity contribution in [2.24, 2.45) is 5.92 Å². The molecule has 2 aliphatic rings. The average Bonchev–Trinajstić information content (AvgIpc) is 3.53. The summed E-state index contributed by atoms with van der Waals surface area (Å²) in [6, 6.07) is 13.0. The quantitative estimate of drug-likeness (QED) is 0.411. The van der Waals surface area contributed by atoms with Crippen LogP contribution < -0.4 is 14.2 Å². The number of carbonyl (C=O) groups is 2. The number of unbranched alkanes of at least 4 members (excludes halogenated alkanes) is 2. The number of hydrogen-bond donors (Lipinski definition) is 1. The predicted molar refractivity (Wildman–Crippen MR) is 145 cm³/mol. The largest absolute Gasteiger partial charge is 0.496 e. The Labute approximate surface area is 225 Å². The summed E-state index contributed by atoms with van der Waals surface area (Å²) in [6.07, 6.45) is 4.42. The number of para-hydroxylation sites is 1. The number of carboxylic acids is 1. The van der Waals surface area contributed by atoms with Crippen molar-refractivity contribution in [2.75, 3.05) is 40.1 Å². The van der Waals surface area contributed by atoms with Crippen LogP contribution in [0.2, 0.25) is 0 Å². The van der Waals surface area contributed by atoms with E-state index in [9.17, 15) is 14.7 Å². The van der Waals surface area contributed by atoms with E-state index in [0.29, 0.717) is 24.5 Å². The number of fused-ring (bicyclic) bond motifs is 1. The minimum Gasteiger partial charge on any atom is -0.496 e. The third-order valence-electron chi connectivity index (χ3n) is 7.73. The van der Waals surface area contributed by atoms with Crippen molar-refractivity contribution in [1.82, 2.24) is 9.80 Å². The van der Waals surface area contributed by atoms with Gasteiger partial charge < -0.3 is 24.2 Å². The van der Waals surface area contributed by atoms with Gasteiger partial charge in [0.25, 0.3) is 0 Å². The molecule has 8 nitrogen and oxygen atoms in total. The molecular weight excluding hydrogens is 484 g/mol. The molecule has 1 amide bonds. The lowest BCUT2D eigenvalue weighted by Gasteiger charge is -2.30. The van der Waals surface area contributed by atoms with Gasteiger partial charge in [-0.15, -0.1) is 0 Å². The standard InChI is InChI=1S/C30H40N2O6/c1-4-6-14-31(15-7-5-2)28(33)19-32-18-23(21-12-13-26-27(17-21)38-20-37-26)29(30(34)35)24(32)16-22-10-8-9-11-25(22)36-3/h8-13,17,23-24,29H,4-7,14-16,18-20H2,1-3H3,(H,34,35). The summed E-state index contributed by atoms with van der Waals surface area (Å²) in [6.45, 7) is 6.53. The van der Waals surface area contributed by atoms with Gasteiger partial charge in [0.15, 0.2) is 11.5 Å². The topological polar surface area (TPSA) is 88.5 Å². The van der Waals surface area contributed by atoms with Crippen LogP contribution in [0.15, 0.2) is 42.5 Å². The lowest BCUT2D eigenvalue weighted by atomic mass is 9.83. The van der Waals surface area contributed by atoms with Crippen LogP contribution in [-0.2, 0) is 16.0 Å². The minimum absolute atomic E-state index is 0.0624. The normalized spacial score (nSPS) is 20.4. The Bertz CT molecular complexity index is 1100. The molecule has 3 atom stereocenters. The van der Waals surface area contributed by atoms with Crippen LogP contribution in [0.5, 0.6) is 17.2 Å². The minimum atomic E-state index is -0.865. The molecule has 4 rings (SSSR count). The van der Waals surface area contributed by atoms with Crippen LogP contribution in [0.25, 0.3) is 0 Å². The Hall–Kier alpha value is -3.26. The van der Waals surface area contributed by atoms with Gasteiger partial charge in [0.05, 0.1) is 19.6 Å². The maximum atomic E-state index is 13.6. The highest BCUT2D eigenvalue weighted by Crippen LogP contribution is 2.43. The Morgan fingerprint density at radius 3 is 2.45 bits per heavy atom. The van der Waals surface area contributed by atoms with Gasteiger partial charge >= 0.3 is 5.97 Å². The summed E-state index contributed by atoms with van der Waals surface area (Å²) in [4.78, 5) is 30.4. The van der Waals surface area contributed by atoms with Crippen molar-refractivity contribution in [3.63, 3.8) is 0 Å². The van der Waals surface area contributed by atoms with Crippen molar-refractivity contribution in [1.29, 1.82) is 0 Å². The molecule has 0 spiro atoms. The fraction of sp³-hybridized carbons (Fsp3) is 0.533. The van der Waals surface area contributed by atoms with Gasteiger partial charge in [-0.2, -0.15) is 0 Å². The third kappa shape index (κ3) is 6.23. The monoisotopic (exact) mass is 524 g/mol. The number of methoxy groups -OCH3 is 1. The van der Waals surface area contributed by atoms with E-state index in [-0.39, 0.29) is 31.2 Å². The van der Waals surface area contributed by atoms with Gasteiger partial charge in [-0.05, 0) is 48.6 Å². The summed E-state index contributed by atoms with van der Waals surface area (Å²) >= 11 is 0. The first-order valence-corrected chi connectivity index (χ1v) is 13.7. The number of amides is 1. The molecule has 0 radical (unpaired) electrons. The summed E-state index contributed by atoms with van der Waals surface area (Å²) < 4.78 is 16.6. The van der Waals surface area contributed by atoms with Crippen LogP contribution in [0.3, 0.4) is 0 Å². The van der Waals surface area contributed by atoms with Crippen LogP contribution in [0, 0.1) is 5.92 Å². The molecule has 2 aromatic carbocycles. The first kappa shape index (κ1) is 27.8. The third-order valence-corrected chi connectivity index (χ3v) is 7.73. The molecule has 0 bridgehead atoms. The van der Waals surface area contributed by atoms with Crippen molar-refractivity contribution in [2.45, 2.75) is 57.9 Å². The maximum Gasteiger partial charge on any atom is 0.308 e. The molecule has 2 aromatic rings. The number of nitrogens with zero attached hydrogens (tertiary/aromatic N) is 2. The molecule has 1 fully saturated rings. The molecule has 8 heteroatoms. The zero-order valence-electron chi connectivity index (χ0n) is 22.7. The first-order chi connectivity index (χ1) is 18.5. The molecule has 0 saturated carbocycles. The van der Waals surface area contributed by atoms with Gasteiger partial charge in [0, 0.05) is 31.6 Å². The first-order valence-electron chi connectivity index (χ1n) is 13.7. The van der Waals surface area contributed by atoms with E-state index in [4.69, 9.17) is 14.2 Å². The average molecular weight is 525 g/mol. The molecule has 1 saturated heterocycles. The molecule has 0 aromatic heterocycles. The van der Waals surface area contributed by atoms with Crippen molar-refractivity contribution >= 4 is 11.9 Å². The molecule has 206 valence electrons. The zero-order chi connectivity index (χ0) is 27.1. The lowest BCUT2D eigenvalue weighted by Crippen LogP contribution is -2.45. The Morgan fingerprint density at radius 2 is 1.76 bits per heavy atom. The maximum absolute atomic E-state index is 13.6. The molecule has 2 aliphatic heterocycles. The Balaban J connectivity index is 1.66. The van der Waals surface area contributed by atoms with E-state index in [0.717, 1.165) is 55.6 Å². The lowest BCUT2D eigenvalue weighted by molar-refractivity contribution is -0.143. The van der Waals surface area contributed by atoms with Crippen molar-refractivity contribution in [3.8, 4) is 17.2 Å². The van der Waals surface area contributed by atoms with E-state index >= 15 is 0 Å². The van der Waals surface area contributed by atoms with E-state index in [2.05, 4.69) is 18.7 Å². The smallest absolute Gasteiger partial charge is 0.308 e. The second-order valence-corrected chi connectivity index (χ2v) is 10.2. The van der Waals surface area contributed by atoms with E-state index in [1.807, 2.05) is 47.4 Å². The second kappa shape index (κ2) is 13.0. The fourth-order valence-electron chi connectivity index (χ4n) is 5.66. The number of carbonyl (C=O) groups excluding carboxylic acids is 1. The van der Waals surface area contributed by atoms with Crippen molar-refractivity contribution in [3.05, 3.63) is 53.6 Å². The van der Waals surface area contributed by atoms with Gasteiger partial charge in [0.2, 0.25) is 12.7 Å². The number of hydrogen-bond acceptors (Lipinski definition) is 6. The molecular formula is C30H40N2O6. The van der Waals surface area contributed by atoms with Crippen LogP contribution in [0.1, 0.15) is 56.6 Å². The van der Waals surface area contributed by atoms with E-state index in [1.165, 1.54) is 0 Å². The number of benzene rings is 2. The molecule has 0 aliphatic carbocycles. The van der Waals surface area contributed by atoms with E-state index < -0.39 is 11.9 Å². The number of likely N-dealkylation sites (tertiary alicyclic amines) is 1. The second-order valence-electron chi connectivity index (χ2n) is 10.2. The Kier molecular flexibility index (Phi) is 9.50. The molecule has 3 unspecified atom stereocenters. The van der Waals surface area contributed by atoms with Crippen LogP contribution in [0.4, 0.5) is 0 Å². The number of carboxylic acid groups (broad SMARTS) is 1. The molecule has 38 heavy (non-hydrogen) atoms. The number of aliphatic carboxylic acids is 1. The van der Waals surface area contributed by atoms with Gasteiger partial charge in [0.1, 0.15) is 5.75 Å². The zero-order valence-corrected chi connectivity index (χ0v) is 22.7. The highest BCUT2D eigenvalue weighted by molar-refractivity contribution is 5.79. The number of rotatable bonds is 13. The fourth-order valence-corrected chi connectivity index (χ4v) is 5.66. The van der Waals surface area contributed by atoms with Crippen molar-refractivity contribution < 1.29 is 28.9 Å². The summed E-state index contributed by atoms with van der Waals surface area (Å²) in [5.74, 6) is 0.222. The van der Waals surface area contributed by atoms with Crippen LogP contribution in [-0.4, -0.2) is 72.9 Å². The van der Waals surface area contributed by atoms with Gasteiger partial charge in [-0.3, -0.25) is 14.5 Å². The van der Waals surface area contributed by atoms with Gasteiger partial charge in [-0.25, -0.2) is 0 Å². The summed E-state index contributed by atoms with van der Waals surface area (Å²) in [5, 5.41) is 10.5. The Morgan fingerprint density at radius 1 is 1.05 bits per heavy atom. The predicted octanol–water partition coefficient (Wildman–Crippen LogP) is 4.56. The number of ether oxygens (including phenoxy) is 3. The van der Waals surface area contributed by atoms with Crippen LogP contribution >= 0.6 is 0 Å². The van der Waals surface area contributed by atoms with Gasteiger partial charge in [-0.1, -0.05) is 51.0 Å². The van der Waals surface area contributed by atoms with E-state index in [1.54, 1.807) is 7.11 Å².